The highest BCUT2D eigenvalue weighted by Crippen LogP contribution is 2.19. The molecule has 0 aromatic carbocycles. The fourth-order valence-electron chi connectivity index (χ4n) is 2.74. The minimum Gasteiger partial charge on any atom is -0.369 e. The Hall–Kier alpha value is -1.57. The van der Waals surface area contributed by atoms with Gasteiger partial charge in [0, 0.05) is 31.9 Å². The average molecular weight is 361 g/mol. The number of piperidine rings is 1. The van der Waals surface area contributed by atoms with E-state index in [1.807, 2.05) is 16.4 Å². The summed E-state index contributed by atoms with van der Waals surface area (Å²) in [6.07, 6.45) is 3.30. The maximum atomic E-state index is 12.5. The smallest absolute Gasteiger partial charge is 0.255 e. The van der Waals surface area contributed by atoms with Crippen LogP contribution in [0.1, 0.15) is 30.1 Å². The van der Waals surface area contributed by atoms with Crippen LogP contribution in [0.25, 0.3) is 11.2 Å². The van der Waals surface area contributed by atoms with Gasteiger partial charge in [0.25, 0.3) is 5.91 Å². The maximum absolute atomic E-state index is 12.5. The molecule has 0 saturated carbocycles. The number of fused-ring (bicyclic) bond motifs is 1. The van der Waals surface area contributed by atoms with Crippen LogP contribution in [0.5, 0.6) is 0 Å². The highest BCUT2D eigenvalue weighted by Gasteiger charge is 2.22. The van der Waals surface area contributed by atoms with E-state index >= 15 is 0 Å². The van der Waals surface area contributed by atoms with Crippen LogP contribution in [-0.4, -0.2) is 44.5 Å². The Morgan fingerprint density at radius 3 is 2.61 bits per heavy atom. The van der Waals surface area contributed by atoms with Gasteiger partial charge in [0.2, 0.25) is 5.95 Å². The van der Waals surface area contributed by atoms with E-state index in [-0.39, 0.29) is 36.8 Å². The average Bonchev–Trinajstić information content (AvgIpc) is 2.81. The lowest BCUT2D eigenvalue weighted by molar-refractivity contribution is 0.0714. The van der Waals surface area contributed by atoms with E-state index in [1.54, 1.807) is 12.3 Å². The molecule has 0 atom stereocenters. The molecule has 3 heterocycles. The van der Waals surface area contributed by atoms with Gasteiger partial charge in [-0.25, -0.2) is 9.97 Å². The largest absolute Gasteiger partial charge is 0.369 e. The second kappa shape index (κ2) is 7.81. The highest BCUT2D eigenvalue weighted by molar-refractivity contribution is 5.96. The van der Waals surface area contributed by atoms with E-state index in [0.717, 1.165) is 12.8 Å². The molecule has 1 aliphatic rings. The number of nitrogens with zero attached hydrogens (tertiary/aromatic N) is 4. The maximum Gasteiger partial charge on any atom is 0.255 e. The first-order valence-electron chi connectivity index (χ1n) is 7.26. The van der Waals surface area contributed by atoms with E-state index in [0.29, 0.717) is 42.3 Å². The van der Waals surface area contributed by atoms with Gasteiger partial charge in [-0.2, -0.15) is 0 Å². The summed E-state index contributed by atoms with van der Waals surface area (Å²) in [4.78, 5) is 22.9. The number of amides is 1. The van der Waals surface area contributed by atoms with Gasteiger partial charge in [0.1, 0.15) is 5.52 Å². The van der Waals surface area contributed by atoms with Gasteiger partial charge in [-0.1, -0.05) is 0 Å². The monoisotopic (exact) mass is 360 g/mol. The Labute approximate surface area is 147 Å². The van der Waals surface area contributed by atoms with Crippen molar-refractivity contribution < 1.29 is 4.79 Å². The van der Waals surface area contributed by atoms with Crippen molar-refractivity contribution >= 4 is 47.8 Å². The van der Waals surface area contributed by atoms with Crippen molar-refractivity contribution in [3.63, 3.8) is 0 Å². The van der Waals surface area contributed by atoms with Crippen molar-refractivity contribution in [2.24, 2.45) is 5.73 Å². The SMILES string of the molecule is CCn1c(N)nc2cc(C(=O)N3CCC(N)CC3)cnc21.Cl.Cl. The third kappa shape index (κ3) is 3.68. The van der Waals surface area contributed by atoms with Crippen LogP contribution < -0.4 is 11.5 Å². The molecule has 0 spiro atoms. The number of nitrogen functional groups attached to an aromatic ring is 1. The number of nitrogens with two attached hydrogens (primary N) is 2. The number of carbonyl (C=O) groups excluding carboxylic acids is 1. The summed E-state index contributed by atoms with van der Waals surface area (Å²) in [5.41, 5.74) is 13.6. The Balaban J connectivity index is 0.00000132. The standard InChI is InChI=1S/C14H20N6O.2ClH/c1-2-20-12-11(18-14(20)16)7-9(8-17-12)13(21)19-5-3-10(15)4-6-19;;/h7-8,10H,2-6,15H2,1H3,(H2,16,18);2*1H. The first kappa shape index (κ1) is 19.5. The summed E-state index contributed by atoms with van der Waals surface area (Å²) in [6.45, 7) is 4.08. The molecule has 0 aliphatic carbocycles. The van der Waals surface area contributed by atoms with Crippen molar-refractivity contribution in [2.45, 2.75) is 32.4 Å². The molecule has 2 aromatic heterocycles. The molecule has 4 N–H and O–H groups in total. The third-order valence-electron chi connectivity index (χ3n) is 4.00. The van der Waals surface area contributed by atoms with Crippen LogP contribution in [0.15, 0.2) is 12.3 Å². The molecule has 0 unspecified atom stereocenters. The van der Waals surface area contributed by atoms with Gasteiger partial charge in [-0.15, -0.1) is 24.8 Å². The second-order valence-electron chi connectivity index (χ2n) is 5.41. The quantitative estimate of drug-likeness (QED) is 0.843. The number of pyridine rings is 1. The minimum atomic E-state index is -0.0130. The van der Waals surface area contributed by atoms with E-state index in [9.17, 15) is 4.79 Å². The predicted molar refractivity (Wildman–Crippen MR) is 95.2 cm³/mol. The van der Waals surface area contributed by atoms with Gasteiger partial charge in [-0.05, 0) is 25.8 Å². The molecular weight excluding hydrogens is 339 g/mol. The van der Waals surface area contributed by atoms with Gasteiger partial charge in [-0.3, -0.25) is 9.36 Å². The Bertz CT molecular complexity index is 681. The van der Waals surface area contributed by atoms with Crippen molar-refractivity contribution in [1.29, 1.82) is 0 Å². The van der Waals surface area contributed by atoms with Crippen LogP contribution in [0.4, 0.5) is 5.95 Å². The molecule has 2 aromatic rings. The number of likely N-dealkylation sites (tertiary alicyclic amines) is 1. The molecule has 23 heavy (non-hydrogen) atoms. The molecule has 1 amide bonds. The number of carbonyl (C=O) groups is 1. The van der Waals surface area contributed by atoms with Crippen LogP contribution in [0.3, 0.4) is 0 Å². The minimum absolute atomic E-state index is 0. The summed E-state index contributed by atoms with van der Waals surface area (Å²) < 4.78 is 1.82. The summed E-state index contributed by atoms with van der Waals surface area (Å²) in [5.74, 6) is 0.412. The lowest BCUT2D eigenvalue weighted by Crippen LogP contribution is -2.42. The fourth-order valence-corrected chi connectivity index (χ4v) is 2.74. The van der Waals surface area contributed by atoms with Crippen LogP contribution in [-0.2, 0) is 6.54 Å². The lowest BCUT2D eigenvalue weighted by Gasteiger charge is -2.30. The Morgan fingerprint density at radius 2 is 2.00 bits per heavy atom. The molecule has 1 saturated heterocycles. The predicted octanol–water partition coefficient (Wildman–Crippen LogP) is 1.44. The zero-order chi connectivity index (χ0) is 15.0. The molecule has 7 nitrogen and oxygen atoms in total. The molecular formula is C14H22Cl2N6O. The zero-order valence-electron chi connectivity index (χ0n) is 12.9. The fraction of sp³-hybridized carbons (Fsp3) is 0.500. The molecule has 0 bridgehead atoms. The van der Waals surface area contributed by atoms with Gasteiger partial charge < -0.3 is 16.4 Å². The van der Waals surface area contributed by atoms with Crippen LogP contribution >= 0.6 is 24.8 Å². The van der Waals surface area contributed by atoms with Gasteiger partial charge >= 0.3 is 0 Å². The number of aryl methyl sites for hydroxylation is 1. The number of rotatable bonds is 2. The van der Waals surface area contributed by atoms with Crippen LogP contribution in [0.2, 0.25) is 0 Å². The molecule has 1 fully saturated rings. The summed E-state index contributed by atoms with van der Waals surface area (Å²) >= 11 is 0. The Morgan fingerprint density at radius 1 is 1.35 bits per heavy atom. The zero-order valence-corrected chi connectivity index (χ0v) is 14.6. The number of anilines is 1. The molecule has 1 aliphatic heterocycles. The second-order valence-corrected chi connectivity index (χ2v) is 5.41. The van der Waals surface area contributed by atoms with Crippen LogP contribution in [0, 0.1) is 0 Å². The molecule has 9 heteroatoms. The first-order chi connectivity index (χ1) is 10.1. The molecule has 3 rings (SSSR count). The number of hydrogen-bond acceptors (Lipinski definition) is 5. The summed E-state index contributed by atoms with van der Waals surface area (Å²) in [5, 5.41) is 0. The Kier molecular flexibility index (Phi) is 6.61. The summed E-state index contributed by atoms with van der Waals surface area (Å²) in [6, 6.07) is 1.97. The highest BCUT2D eigenvalue weighted by atomic mass is 35.5. The van der Waals surface area contributed by atoms with E-state index < -0.39 is 0 Å². The normalized spacial score (nSPS) is 15.1. The number of imidazole rings is 1. The van der Waals surface area contributed by atoms with Crippen molar-refractivity contribution in [1.82, 2.24) is 19.4 Å². The number of hydrogen-bond donors (Lipinski definition) is 2. The molecule has 128 valence electrons. The molecule has 0 radical (unpaired) electrons. The van der Waals surface area contributed by atoms with Crippen molar-refractivity contribution in [3.05, 3.63) is 17.8 Å². The van der Waals surface area contributed by atoms with E-state index in [4.69, 9.17) is 11.5 Å². The van der Waals surface area contributed by atoms with E-state index in [1.165, 1.54) is 0 Å². The lowest BCUT2D eigenvalue weighted by atomic mass is 10.1. The number of aromatic nitrogens is 3. The topological polar surface area (TPSA) is 103 Å². The first-order valence-corrected chi connectivity index (χ1v) is 7.26. The summed E-state index contributed by atoms with van der Waals surface area (Å²) in [7, 11) is 0. The third-order valence-corrected chi connectivity index (χ3v) is 4.00. The van der Waals surface area contributed by atoms with Crippen molar-refractivity contribution in [2.75, 3.05) is 18.8 Å². The van der Waals surface area contributed by atoms with Gasteiger partial charge in [0.05, 0.1) is 5.56 Å². The van der Waals surface area contributed by atoms with Crippen molar-refractivity contribution in [3.8, 4) is 0 Å². The van der Waals surface area contributed by atoms with Gasteiger partial charge in [0.15, 0.2) is 5.65 Å². The van der Waals surface area contributed by atoms with E-state index in [2.05, 4.69) is 9.97 Å². The number of halogens is 2.